The van der Waals surface area contributed by atoms with Crippen LogP contribution in [0.2, 0.25) is 0 Å². The number of hydrogen-bond acceptors (Lipinski definition) is 4. The zero-order valence-electron chi connectivity index (χ0n) is 8.55. The zero-order valence-corrected chi connectivity index (χ0v) is 8.55. The molecule has 2 unspecified atom stereocenters. The summed E-state index contributed by atoms with van der Waals surface area (Å²) in [6.07, 6.45) is 5.85. The summed E-state index contributed by atoms with van der Waals surface area (Å²) in [7, 11) is 1.67. The van der Waals surface area contributed by atoms with E-state index in [0.29, 0.717) is 12.1 Å². The Bertz CT molecular complexity index is 254. The molecule has 1 N–H and O–H groups in total. The van der Waals surface area contributed by atoms with Gasteiger partial charge in [0.2, 0.25) is 0 Å². The van der Waals surface area contributed by atoms with E-state index < -0.39 is 6.10 Å². The maximum atomic E-state index is 9.71. The van der Waals surface area contributed by atoms with Crippen LogP contribution in [0.3, 0.4) is 0 Å². The normalized spacial score (nSPS) is 15.1. The van der Waals surface area contributed by atoms with Gasteiger partial charge in [-0.15, -0.1) is 0 Å². The molecule has 0 bridgehead atoms. The third-order valence-electron chi connectivity index (χ3n) is 2.17. The molecular weight excluding hydrogens is 180 g/mol. The Morgan fingerprint density at radius 2 is 2.21 bits per heavy atom. The SMILES string of the molecule is COC(C)CCC(O)c1cnccn1. The van der Waals surface area contributed by atoms with Crippen LogP contribution in [0.5, 0.6) is 0 Å². The first-order valence-electron chi connectivity index (χ1n) is 4.70. The Hall–Kier alpha value is -1.00. The molecule has 0 radical (unpaired) electrons. The van der Waals surface area contributed by atoms with Crippen LogP contribution in [0.4, 0.5) is 0 Å². The van der Waals surface area contributed by atoms with Crippen molar-refractivity contribution in [1.82, 2.24) is 9.97 Å². The second kappa shape index (κ2) is 5.67. The number of hydrogen-bond donors (Lipinski definition) is 1. The molecule has 0 spiro atoms. The van der Waals surface area contributed by atoms with Gasteiger partial charge in [0.25, 0.3) is 0 Å². The molecule has 4 heteroatoms. The van der Waals surface area contributed by atoms with Crippen LogP contribution < -0.4 is 0 Å². The lowest BCUT2D eigenvalue weighted by Gasteiger charge is -2.12. The van der Waals surface area contributed by atoms with Crippen LogP contribution in [0.25, 0.3) is 0 Å². The minimum Gasteiger partial charge on any atom is -0.387 e. The van der Waals surface area contributed by atoms with Crippen LogP contribution in [-0.4, -0.2) is 28.3 Å². The smallest absolute Gasteiger partial charge is 0.0976 e. The Balaban J connectivity index is 2.39. The van der Waals surface area contributed by atoms with E-state index in [9.17, 15) is 5.11 Å². The van der Waals surface area contributed by atoms with Crippen LogP contribution in [0.1, 0.15) is 31.6 Å². The summed E-state index contributed by atoms with van der Waals surface area (Å²) in [5.74, 6) is 0. The number of aromatic nitrogens is 2. The molecule has 0 aliphatic heterocycles. The van der Waals surface area contributed by atoms with Crippen molar-refractivity contribution < 1.29 is 9.84 Å². The fraction of sp³-hybridized carbons (Fsp3) is 0.600. The number of aliphatic hydroxyl groups is 1. The Morgan fingerprint density at radius 1 is 1.43 bits per heavy atom. The van der Waals surface area contributed by atoms with Gasteiger partial charge in [0, 0.05) is 19.5 Å². The first-order chi connectivity index (χ1) is 6.74. The highest BCUT2D eigenvalue weighted by atomic mass is 16.5. The van der Waals surface area contributed by atoms with Gasteiger partial charge >= 0.3 is 0 Å². The second-order valence-corrected chi connectivity index (χ2v) is 3.27. The Kier molecular flexibility index (Phi) is 4.49. The van der Waals surface area contributed by atoms with Gasteiger partial charge in [-0.25, -0.2) is 0 Å². The standard InChI is InChI=1S/C10H16N2O2/c1-8(14-2)3-4-10(13)9-7-11-5-6-12-9/h5-8,10,13H,3-4H2,1-2H3. The number of rotatable bonds is 5. The van der Waals surface area contributed by atoms with Crippen molar-refractivity contribution in [2.75, 3.05) is 7.11 Å². The molecule has 78 valence electrons. The topological polar surface area (TPSA) is 55.2 Å². The van der Waals surface area contributed by atoms with Gasteiger partial charge in [-0.05, 0) is 19.8 Å². The lowest BCUT2D eigenvalue weighted by atomic mass is 10.1. The molecular formula is C10H16N2O2. The fourth-order valence-electron chi connectivity index (χ4n) is 1.14. The largest absolute Gasteiger partial charge is 0.387 e. The fourth-order valence-corrected chi connectivity index (χ4v) is 1.14. The van der Waals surface area contributed by atoms with Gasteiger partial charge in [0.1, 0.15) is 0 Å². The molecule has 0 aliphatic rings. The van der Waals surface area contributed by atoms with Gasteiger partial charge in [0.05, 0.1) is 24.1 Å². The Labute approximate surface area is 84.0 Å². The molecule has 0 saturated heterocycles. The highest BCUT2D eigenvalue weighted by Crippen LogP contribution is 2.16. The lowest BCUT2D eigenvalue weighted by Crippen LogP contribution is -2.08. The maximum Gasteiger partial charge on any atom is 0.0976 e. The molecule has 0 saturated carbocycles. The van der Waals surface area contributed by atoms with E-state index in [2.05, 4.69) is 9.97 Å². The quantitative estimate of drug-likeness (QED) is 0.771. The van der Waals surface area contributed by atoms with E-state index in [1.54, 1.807) is 25.7 Å². The van der Waals surface area contributed by atoms with Crippen LogP contribution in [-0.2, 0) is 4.74 Å². The molecule has 0 aliphatic carbocycles. The first-order valence-corrected chi connectivity index (χ1v) is 4.70. The molecule has 0 fully saturated rings. The van der Waals surface area contributed by atoms with Crippen LogP contribution in [0, 0.1) is 0 Å². The number of ether oxygens (including phenoxy) is 1. The molecule has 0 aromatic carbocycles. The molecule has 2 atom stereocenters. The van der Waals surface area contributed by atoms with Crippen LogP contribution in [0.15, 0.2) is 18.6 Å². The van der Waals surface area contributed by atoms with Crippen molar-refractivity contribution >= 4 is 0 Å². The van der Waals surface area contributed by atoms with E-state index in [1.165, 1.54) is 0 Å². The molecule has 1 heterocycles. The van der Waals surface area contributed by atoms with Gasteiger partial charge in [-0.1, -0.05) is 0 Å². The number of methoxy groups -OCH3 is 1. The Morgan fingerprint density at radius 3 is 2.79 bits per heavy atom. The third-order valence-corrected chi connectivity index (χ3v) is 2.17. The highest BCUT2D eigenvalue weighted by Gasteiger charge is 2.10. The molecule has 1 aromatic heterocycles. The van der Waals surface area contributed by atoms with E-state index in [0.717, 1.165) is 6.42 Å². The summed E-state index contributed by atoms with van der Waals surface area (Å²) in [4.78, 5) is 7.93. The summed E-state index contributed by atoms with van der Waals surface area (Å²) in [5, 5.41) is 9.71. The molecule has 14 heavy (non-hydrogen) atoms. The van der Waals surface area contributed by atoms with E-state index in [4.69, 9.17) is 4.74 Å². The van der Waals surface area contributed by atoms with Crippen molar-refractivity contribution in [1.29, 1.82) is 0 Å². The molecule has 1 aromatic rings. The number of aliphatic hydroxyl groups excluding tert-OH is 1. The lowest BCUT2D eigenvalue weighted by molar-refractivity contribution is 0.0838. The van der Waals surface area contributed by atoms with Crippen LogP contribution >= 0.6 is 0 Å². The molecule has 1 rings (SSSR count). The zero-order chi connectivity index (χ0) is 10.4. The first kappa shape index (κ1) is 11.1. The van der Waals surface area contributed by atoms with Gasteiger partial charge < -0.3 is 9.84 Å². The van der Waals surface area contributed by atoms with Gasteiger partial charge in [-0.2, -0.15) is 0 Å². The molecule has 4 nitrogen and oxygen atoms in total. The minimum atomic E-state index is -0.540. The third kappa shape index (κ3) is 3.40. The van der Waals surface area contributed by atoms with E-state index in [1.807, 2.05) is 6.92 Å². The average Bonchev–Trinajstić information content (AvgIpc) is 2.26. The highest BCUT2D eigenvalue weighted by molar-refractivity contribution is 4.98. The monoisotopic (exact) mass is 196 g/mol. The summed E-state index contributed by atoms with van der Waals surface area (Å²) in [6, 6.07) is 0. The summed E-state index contributed by atoms with van der Waals surface area (Å²) in [6.45, 7) is 1.98. The summed E-state index contributed by atoms with van der Waals surface area (Å²) in [5.41, 5.74) is 0.621. The second-order valence-electron chi connectivity index (χ2n) is 3.27. The molecule has 0 amide bonds. The average molecular weight is 196 g/mol. The van der Waals surface area contributed by atoms with Crippen molar-refractivity contribution in [2.45, 2.75) is 32.0 Å². The van der Waals surface area contributed by atoms with E-state index in [-0.39, 0.29) is 6.10 Å². The van der Waals surface area contributed by atoms with Crippen molar-refractivity contribution in [3.8, 4) is 0 Å². The predicted molar refractivity (Wildman–Crippen MR) is 52.7 cm³/mol. The van der Waals surface area contributed by atoms with E-state index >= 15 is 0 Å². The predicted octanol–water partition coefficient (Wildman–Crippen LogP) is 1.33. The van der Waals surface area contributed by atoms with Crippen molar-refractivity contribution in [2.24, 2.45) is 0 Å². The van der Waals surface area contributed by atoms with Crippen molar-refractivity contribution in [3.05, 3.63) is 24.3 Å². The van der Waals surface area contributed by atoms with Gasteiger partial charge in [0.15, 0.2) is 0 Å². The minimum absolute atomic E-state index is 0.168. The summed E-state index contributed by atoms with van der Waals surface area (Å²) < 4.78 is 5.09. The number of nitrogens with zero attached hydrogens (tertiary/aromatic N) is 2. The van der Waals surface area contributed by atoms with Gasteiger partial charge in [-0.3, -0.25) is 9.97 Å². The summed E-state index contributed by atoms with van der Waals surface area (Å²) >= 11 is 0. The maximum absolute atomic E-state index is 9.71. The van der Waals surface area contributed by atoms with Crippen molar-refractivity contribution in [3.63, 3.8) is 0 Å².